The summed E-state index contributed by atoms with van der Waals surface area (Å²) in [5, 5.41) is 8.27. The molecule has 5 heteroatoms. The summed E-state index contributed by atoms with van der Waals surface area (Å²) >= 11 is 2.33. The highest BCUT2D eigenvalue weighted by atomic mass is 127. The third-order valence-corrected chi connectivity index (χ3v) is 3.76. The van der Waals surface area contributed by atoms with Crippen LogP contribution in [-0.2, 0) is 6.42 Å². The van der Waals surface area contributed by atoms with E-state index in [1.165, 1.54) is 9.13 Å². The zero-order valence-electron chi connectivity index (χ0n) is 9.73. The summed E-state index contributed by atoms with van der Waals surface area (Å²) in [6.07, 6.45) is 3.81. The number of aryl methyl sites for hydroxylation is 2. The molecule has 0 amide bonds. The Labute approximate surface area is 114 Å². The summed E-state index contributed by atoms with van der Waals surface area (Å²) in [6.45, 7) is 2.79. The molecule has 17 heavy (non-hydrogen) atoms. The van der Waals surface area contributed by atoms with Crippen molar-refractivity contribution in [2.24, 2.45) is 5.73 Å². The summed E-state index contributed by atoms with van der Waals surface area (Å²) in [5.41, 5.74) is 8.79. The number of halogens is 1. The fourth-order valence-electron chi connectivity index (χ4n) is 1.55. The normalized spacial score (nSPS) is 10.8. The maximum atomic E-state index is 5.47. The van der Waals surface area contributed by atoms with Gasteiger partial charge in [0.15, 0.2) is 0 Å². The van der Waals surface area contributed by atoms with Crippen molar-refractivity contribution in [2.75, 3.05) is 6.54 Å². The van der Waals surface area contributed by atoms with Gasteiger partial charge in [-0.1, -0.05) is 11.3 Å². The molecule has 0 atom stereocenters. The van der Waals surface area contributed by atoms with E-state index in [1.807, 2.05) is 10.9 Å². The molecular formula is C12H15IN4. The van der Waals surface area contributed by atoms with Crippen LogP contribution in [-0.4, -0.2) is 21.5 Å². The standard InChI is InChI=1S/C12H15IN4/c1-9-4-5-11(7-12(9)13)17-8-10(15-16-17)3-2-6-14/h4-5,7-8H,2-3,6,14H2,1H3. The minimum absolute atomic E-state index is 0.690. The smallest absolute Gasteiger partial charge is 0.0832 e. The van der Waals surface area contributed by atoms with E-state index in [4.69, 9.17) is 5.73 Å². The fraction of sp³-hybridized carbons (Fsp3) is 0.333. The number of hydrogen-bond donors (Lipinski definition) is 1. The van der Waals surface area contributed by atoms with E-state index in [9.17, 15) is 0 Å². The number of benzene rings is 1. The highest BCUT2D eigenvalue weighted by molar-refractivity contribution is 14.1. The number of nitrogens with zero attached hydrogens (tertiary/aromatic N) is 3. The quantitative estimate of drug-likeness (QED) is 0.866. The van der Waals surface area contributed by atoms with Crippen LogP contribution in [0.3, 0.4) is 0 Å². The summed E-state index contributed by atoms with van der Waals surface area (Å²) in [4.78, 5) is 0. The fourth-order valence-corrected chi connectivity index (χ4v) is 2.05. The molecule has 0 spiro atoms. The summed E-state index contributed by atoms with van der Waals surface area (Å²) in [5.74, 6) is 0. The van der Waals surface area contributed by atoms with Crippen LogP contribution in [0.15, 0.2) is 24.4 Å². The Balaban J connectivity index is 2.21. The molecule has 1 heterocycles. The molecule has 0 aliphatic rings. The molecule has 2 N–H and O–H groups in total. The van der Waals surface area contributed by atoms with Gasteiger partial charge in [-0.25, -0.2) is 4.68 Å². The van der Waals surface area contributed by atoms with Crippen LogP contribution in [0.4, 0.5) is 0 Å². The van der Waals surface area contributed by atoms with Gasteiger partial charge < -0.3 is 5.73 Å². The Morgan fingerprint density at radius 3 is 2.94 bits per heavy atom. The summed E-state index contributed by atoms with van der Waals surface area (Å²) in [7, 11) is 0. The van der Waals surface area contributed by atoms with E-state index in [2.05, 4.69) is 58.0 Å². The maximum Gasteiger partial charge on any atom is 0.0832 e. The van der Waals surface area contributed by atoms with Crippen LogP contribution in [0.5, 0.6) is 0 Å². The average Bonchev–Trinajstić information content (AvgIpc) is 2.79. The second kappa shape index (κ2) is 5.59. The first-order valence-corrected chi connectivity index (χ1v) is 6.66. The Morgan fingerprint density at radius 2 is 2.24 bits per heavy atom. The van der Waals surface area contributed by atoms with Crippen molar-refractivity contribution < 1.29 is 0 Å². The predicted molar refractivity (Wildman–Crippen MR) is 76.2 cm³/mol. The van der Waals surface area contributed by atoms with Crippen molar-refractivity contribution >= 4 is 22.6 Å². The van der Waals surface area contributed by atoms with Gasteiger partial charge in [0.2, 0.25) is 0 Å². The van der Waals surface area contributed by atoms with Gasteiger partial charge in [-0.3, -0.25) is 0 Å². The first-order valence-electron chi connectivity index (χ1n) is 5.58. The number of nitrogens with two attached hydrogens (primary N) is 1. The first-order chi connectivity index (χ1) is 8.20. The van der Waals surface area contributed by atoms with Gasteiger partial charge in [0, 0.05) is 3.57 Å². The molecule has 90 valence electrons. The van der Waals surface area contributed by atoms with E-state index in [0.717, 1.165) is 24.2 Å². The molecule has 1 aromatic carbocycles. The molecule has 0 aliphatic heterocycles. The van der Waals surface area contributed by atoms with E-state index >= 15 is 0 Å². The lowest BCUT2D eigenvalue weighted by Gasteiger charge is -2.02. The summed E-state index contributed by atoms with van der Waals surface area (Å²) < 4.78 is 3.05. The van der Waals surface area contributed by atoms with E-state index in [-0.39, 0.29) is 0 Å². The Morgan fingerprint density at radius 1 is 1.41 bits per heavy atom. The molecule has 0 saturated carbocycles. The lowest BCUT2D eigenvalue weighted by Crippen LogP contribution is -2.00. The lowest BCUT2D eigenvalue weighted by molar-refractivity contribution is 0.778. The monoisotopic (exact) mass is 342 g/mol. The van der Waals surface area contributed by atoms with Gasteiger partial charge in [-0.05, 0) is 66.6 Å². The topological polar surface area (TPSA) is 56.7 Å². The van der Waals surface area contributed by atoms with Gasteiger partial charge in [0.25, 0.3) is 0 Å². The van der Waals surface area contributed by atoms with Crippen molar-refractivity contribution in [3.05, 3.63) is 39.2 Å². The van der Waals surface area contributed by atoms with Crippen LogP contribution in [0, 0.1) is 10.5 Å². The van der Waals surface area contributed by atoms with Crippen molar-refractivity contribution in [1.29, 1.82) is 0 Å². The molecule has 0 radical (unpaired) electrons. The molecule has 0 unspecified atom stereocenters. The zero-order valence-corrected chi connectivity index (χ0v) is 11.9. The average molecular weight is 342 g/mol. The van der Waals surface area contributed by atoms with Crippen LogP contribution in [0.1, 0.15) is 17.7 Å². The van der Waals surface area contributed by atoms with Crippen LogP contribution in [0.2, 0.25) is 0 Å². The molecule has 0 fully saturated rings. The molecule has 1 aromatic heterocycles. The number of hydrogen-bond acceptors (Lipinski definition) is 3. The zero-order chi connectivity index (χ0) is 12.3. The minimum Gasteiger partial charge on any atom is -0.330 e. The third-order valence-electron chi connectivity index (χ3n) is 2.60. The van der Waals surface area contributed by atoms with Crippen molar-refractivity contribution in [3.8, 4) is 5.69 Å². The lowest BCUT2D eigenvalue weighted by atomic mass is 10.2. The first kappa shape index (κ1) is 12.5. The second-order valence-electron chi connectivity index (χ2n) is 3.98. The SMILES string of the molecule is Cc1ccc(-n2cc(CCCN)nn2)cc1I. The second-order valence-corrected chi connectivity index (χ2v) is 5.14. The predicted octanol–water partition coefficient (Wildman–Crippen LogP) is 2.07. The molecule has 2 aromatic rings. The van der Waals surface area contributed by atoms with Crippen LogP contribution in [0.25, 0.3) is 5.69 Å². The van der Waals surface area contributed by atoms with Gasteiger partial charge in [0.1, 0.15) is 0 Å². The largest absolute Gasteiger partial charge is 0.330 e. The molecule has 2 rings (SSSR count). The molecule has 0 aliphatic carbocycles. The minimum atomic E-state index is 0.690. The van der Waals surface area contributed by atoms with Crippen LogP contribution < -0.4 is 5.73 Å². The molecular weight excluding hydrogens is 327 g/mol. The molecule has 0 saturated heterocycles. The van der Waals surface area contributed by atoms with Crippen molar-refractivity contribution in [2.45, 2.75) is 19.8 Å². The number of aromatic nitrogens is 3. The Hall–Kier alpha value is -0.950. The van der Waals surface area contributed by atoms with E-state index in [1.54, 1.807) is 0 Å². The van der Waals surface area contributed by atoms with E-state index in [0.29, 0.717) is 6.54 Å². The molecule has 4 nitrogen and oxygen atoms in total. The van der Waals surface area contributed by atoms with Gasteiger partial charge in [0.05, 0.1) is 17.6 Å². The van der Waals surface area contributed by atoms with Crippen molar-refractivity contribution in [3.63, 3.8) is 0 Å². The highest BCUT2D eigenvalue weighted by Gasteiger charge is 2.04. The van der Waals surface area contributed by atoms with Crippen LogP contribution >= 0.6 is 22.6 Å². The summed E-state index contributed by atoms with van der Waals surface area (Å²) in [6, 6.07) is 6.26. The van der Waals surface area contributed by atoms with E-state index < -0.39 is 0 Å². The Bertz CT molecular complexity index is 507. The van der Waals surface area contributed by atoms with Gasteiger partial charge in [-0.2, -0.15) is 0 Å². The van der Waals surface area contributed by atoms with Gasteiger partial charge >= 0.3 is 0 Å². The van der Waals surface area contributed by atoms with Crippen molar-refractivity contribution in [1.82, 2.24) is 15.0 Å². The Kier molecular flexibility index (Phi) is 4.11. The highest BCUT2D eigenvalue weighted by Crippen LogP contribution is 2.16. The third kappa shape index (κ3) is 3.04. The number of rotatable bonds is 4. The maximum absolute atomic E-state index is 5.47. The van der Waals surface area contributed by atoms with Gasteiger partial charge in [-0.15, -0.1) is 5.10 Å². The molecule has 0 bridgehead atoms.